The van der Waals surface area contributed by atoms with Gasteiger partial charge in [-0.1, -0.05) is 0 Å². The molecule has 1 aliphatic heterocycles. The number of hydrogen-bond donors (Lipinski definition) is 2. The monoisotopic (exact) mass is 681 g/mol. The van der Waals surface area contributed by atoms with Gasteiger partial charge in [-0.3, -0.25) is 0 Å². The van der Waals surface area contributed by atoms with Crippen molar-refractivity contribution < 1.29 is 57.0 Å². The number of phenols is 2. The Morgan fingerprint density at radius 1 is 0.750 bits per heavy atom. The predicted octanol–water partition coefficient (Wildman–Crippen LogP) is 3.80. The number of rotatable bonds is 2. The molecule has 1 aliphatic carbocycles. The maximum Gasteiger partial charge on any atom is -1.00 e. The minimum Gasteiger partial charge on any atom is -1.00 e. The van der Waals surface area contributed by atoms with Crippen molar-refractivity contribution in [3.8, 4) is 11.5 Å². The summed E-state index contributed by atoms with van der Waals surface area (Å²) in [6.07, 6.45) is 8.78. The van der Waals surface area contributed by atoms with E-state index < -0.39 is 0 Å². The van der Waals surface area contributed by atoms with E-state index in [1.807, 2.05) is 24.3 Å². The van der Waals surface area contributed by atoms with Crippen LogP contribution < -0.4 is 24.0 Å². The first kappa shape index (κ1) is 29.8. The SMILES string of the molecule is CC(C)(C)c1cc(Cl)cc(C=[N+]2[Cr][N+](=Cc3cc(Cl)cc(C(C)(C)C)c3O)[C@@H]3CCCC[C@H]32)c1O.[I-]. The number of benzene rings is 2. The molecule has 4 rings (SSSR count). The van der Waals surface area contributed by atoms with Gasteiger partial charge in [0, 0.05) is 0 Å². The molecule has 0 aromatic heterocycles. The second kappa shape index (κ2) is 11.1. The van der Waals surface area contributed by atoms with E-state index in [9.17, 15) is 10.2 Å². The summed E-state index contributed by atoms with van der Waals surface area (Å²) >= 11 is 12.9. The first-order valence-corrected chi connectivity index (χ1v) is 14.2. The van der Waals surface area contributed by atoms with E-state index in [2.05, 4.69) is 61.1 Å². The summed E-state index contributed by atoms with van der Waals surface area (Å²) in [6, 6.07) is 8.15. The van der Waals surface area contributed by atoms with Gasteiger partial charge < -0.3 is 24.0 Å². The molecule has 2 N–H and O–H groups in total. The molecule has 2 aromatic rings. The van der Waals surface area contributed by atoms with Crippen LogP contribution in [0, 0.1) is 0 Å². The van der Waals surface area contributed by atoms with Crippen molar-refractivity contribution in [2.45, 2.75) is 90.1 Å². The molecule has 196 valence electrons. The standard InChI is InChI=1S/C28H36Cl2N2O2.Cr.HI/c1-27(2,3)21-13-19(29)11-17(25(21)33)15-31-23-9-7-8-10-24(23)32-16-18-12-20(30)14-22(26(18)34)28(4,5)6;;/h11-16,23-24,33-34H,7-10H2,1-6H3;;1H/q;+2;/p-1/t23-,24-;;/m1../s1. The van der Waals surface area contributed by atoms with Crippen LogP contribution in [0.4, 0.5) is 0 Å². The summed E-state index contributed by atoms with van der Waals surface area (Å²) in [5.41, 5.74) is 2.80. The molecule has 0 amide bonds. The van der Waals surface area contributed by atoms with Crippen molar-refractivity contribution in [2.75, 3.05) is 0 Å². The first-order chi connectivity index (χ1) is 16.3. The second-order valence-corrected chi connectivity index (χ2v) is 14.2. The van der Waals surface area contributed by atoms with Crippen LogP contribution in [0.1, 0.15) is 89.5 Å². The molecule has 1 heterocycles. The molecular formula is C28H36Cl2CrIN2O2+. The minimum absolute atomic E-state index is 0. The van der Waals surface area contributed by atoms with E-state index >= 15 is 0 Å². The van der Waals surface area contributed by atoms with E-state index in [0.29, 0.717) is 33.6 Å². The van der Waals surface area contributed by atoms with Crippen LogP contribution in [0.25, 0.3) is 0 Å². The van der Waals surface area contributed by atoms with Crippen molar-refractivity contribution in [1.29, 1.82) is 0 Å². The molecule has 4 nitrogen and oxygen atoms in total. The van der Waals surface area contributed by atoms with Crippen LogP contribution in [0.15, 0.2) is 24.3 Å². The number of aromatic hydroxyl groups is 2. The van der Waals surface area contributed by atoms with Crippen LogP contribution in [-0.2, 0) is 26.5 Å². The smallest absolute Gasteiger partial charge is 1.00 e. The number of fused-ring (bicyclic) bond motifs is 1. The molecule has 0 radical (unpaired) electrons. The summed E-state index contributed by atoms with van der Waals surface area (Å²) in [4.78, 5) is 0. The van der Waals surface area contributed by atoms with Gasteiger partial charge in [-0.2, -0.15) is 0 Å². The van der Waals surface area contributed by atoms with Gasteiger partial charge in [-0.25, -0.2) is 0 Å². The summed E-state index contributed by atoms with van der Waals surface area (Å²) in [6.45, 7) is 12.5. The largest absolute Gasteiger partial charge is 1.00 e. The van der Waals surface area contributed by atoms with Crippen LogP contribution in [0.2, 0.25) is 10.0 Å². The Morgan fingerprint density at radius 3 is 1.44 bits per heavy atom. The van der Waals surface area contributed by atoms with Crippen molar-refractivity contribution in [2.24, 2.45) is 0 Å². The quantitative estimate of drug-likeness (QED) is 0.474. The van der Waals surface area contributed by atoms with Gasteiger partial charge >= 0.3 is 227 Å². The molecule has 1 saturated heterocycles. The third kappa shape index (κ3) is 6.26. The van der Waals surface area contributed by atoms with Crippen LogP contribution >= 0.6 is 23.2 Å². The van der Waals surface area contributed by atoms with Gasteiger partial charge in [0.15, 0.2) is 0 Å². The van der Waals surface area contributed by atoms with Gasteiger partial charge in [-0.05, 0) is 0 Å². The maximum absolute atomic E-state index is 11.1. The molecule has 0 unspecified atom stereocenters. The Balaban J connectivity index is 0.00000361. The molecule has 2 atom stereocenters. The second-order valence-electron chi connectivity index (χ2n) is 11.8. The van der Waals surface area contributed by atoms with Crippen molar-refractivity contribution in [3.05, 3.63) is 56.6 Å². The summed E-state index contributed by atoms with van der Waals surface area (Å²) in [5, 5.41) is 23.5. The van der Waals surface area contributed by atoms with E-state index in [1.165, 1.54) is 12.8 Å². The van der Waals surface area contributed by atoms with Crippen LogP contribution in [0.3, 0.4) is 0 Å². The predicted molar refractivity (Wildman–Crippen MR) is 141 cm³/mol. The fraction of sp³-hybridized carbons (Fsp3) is 0.500. The molecule has 36 heavy (non-hydrogen) atoms. The fourth-order valence-electron chi connectivity index (χ4n) is 5.01. The average Bonchev–Trinajstić information content (AvgIpc) is 3.08. The van der Waals surface area contributed by atoms with Crippen molar-refractivity contribution in [3.63, 3.8) is 0 Å². The van der Waals surface area contributed by atoms with Gasteiger partial charge in [0.25, 0.3) is 0 Å². The molecule has 0 spiro atoms. The Kier molecular flexibility index (Phi) is 9.22. The van der Waals surface area contributed by atoms with Crippen LogP contribution in [-0.4, -0.2) is 41.8 Å². The summed E-state index contributed by atoms with van der Waals surface area (Å²) < 4.78 is 4.77. The zero-order chi connectivity index (χ0) is 25.7. The van der Waals surface area contributed by atoms with Gasteiger partial charge in [0.05, 0.1) is 0 Å². The normalized spacial score (nSPS) is 22.6. The van der Waals surface area contributed by atoms with Gasteiger partial charge in [0.1, 0.15) is 0 Å². The third-order valence-electron chi connectivity index (χ3n) is 6.89. The summed E-state index contributed by atoms with van der Waals surface area (Å²) in [7, 11) is 0. The molecule has 0 bridgehead atoms. The zero-order valence-corrected chi connectivity index (χ0v) is 26.7. The molecule has 2 fully saturated rings. The number of nitrogens with zero attached hydrogens (tertiary/aromatic N) is 2. The van der Waals surface area contributed by atoms with Crippen LogP contribution in [0.5, 0.6) is 11.5 Å². The van der Waals surface area contributed by atoms with E-state index in [0.717, 1.165) is 35.1 Å². The molecule has 1 saturated carbocycles. The van der Waals surface area contributed by atoms with E-state index in [-0.39, 0.29) is 50.5 Å². The fourth-order valence-corrected chi connectivity index (χ4v) is 7.45. The third-order valence-corrected chi connectivity index (χ3v) is 9.09. The zero-order valence-electron chi connectivity index (χ0n) is 21.8. The van der Waals surface area contributed by atoms with Crippen molar-refractivity contribution in [1.82, 2.24) is 0 Å². The molecular weight excluding hydrogens is 646 g/mol. The van der Waals surface area contributed by atoms with Gasteiger partial charge in [0.2, 0.25) is 0 Å². The molecule has 2 aromatic carbocycles. The average molecular weight is 682 g/mol. The first-order valence-electron chi connectivity index (χ1n) is 12.3. The molecule has 8 heteroatoms. The summed E-state index contributed by atoms with van der Waals surface area (Å²) in [5.74, 6) is 0.601. The maximum atomic E-state index is 11.1. The number of halogens is 3. The van der Waals surface area contributed by atoms with Crippen molar-refractivity contribution >= 4 is 35.6 Å². The number of hydrogen-bond acceptors (Lipinski definition) is 2. The number of phenolic OH excluding ortho intramolecular Hbond substituents is 2. The Labute approximate surface area is 249 Å². The Hall–Kier alpha value is -0.778. The Morgan fingerprint density at radius 2 is 1.11 bits per heavy atom. The molecule has 2 aliphatic rings. The van der Waals surface area contributed by atoms with Gasteiger partial charge in [-0.15, -0.1) is 0 Å². The topological polar surface area (TPSA) is 46.5 Å². The van der Waals surface area contributed by atoms with E-state index in [4.69, 9.17) is 23.2 Å². The Bertz CT molecular complexity index is 1120. The minimum atomic E-state index is -0.213. The van der Waals surface area contributed by atoms with E-state index in [1.54, 1.807) is 0 Å².